The quantitative estimate of drug-likeness (QED) is 0.573. The van der Waals surface area contributed by atoms with Crippen molar-refractivity contribution < 1.29 is 13.9 Å². The number of benzene rings is 1. The molecule has 0 aliphatic carbocycles. The normalized spacial score (nSPS) is 10.4. The SMILES string of the molecule is CCC(=O)CCCOc1cc(F)c(Cl)cc1Br. The summed E-state index contributed by atoms with van der Waals surface area (Å²) in [4.78, 5) is 11.0. The first kappa shape index (κ1) is 14.5. The van der Waals surface area contributed by atoms with Gasteiger partial charge in [-0.2, -0.15) is 0 Å². The Morgan fingerprint density at radius 1 is 1.53 bits per heavy atom. The highest BCUT2D eigenvalue weighted by Gasteiger charge is 2.08. The third kappa shape index (κ3) is 4.64. The van der Waals surface area contributed by atoms with Crippen LogP contribution in [0.4, 0.5) is 4.39 Å². The summed E-state index contributed by atoms with van der Waals surface area (Å²) in [7, 11) is 0. The highest BCUT2D eigenvalue weighted by molar-refractivity contribution is 9.10. The monoisotopic (exact) mass is 322 g/mol. The fourth-order valence-corrected chi connectivity index (χ4v) is 2.00. The van der Waals surface area contributed by atoms with E-state index in [4.69, 9.17) is 16.3 Å². The summed E-state index contributed by atoms with van der Waals surface area (Å²) in [5.74, 6) is 0.0836. The van der Waals surface area contributed by atoms with Crippen molar-refractivity contribution in [2.75, 3.05) is 6.61 Å². The Morgan fingerprint density at radius 3 is 2.88 bits per heavy atom. The van der Waals surface area contributed by atoms with Gasteiger partial charge in [0.1, 0.15) is 17.3 Å². The third-order valence-corrected chi connectivity index (χ3v) is 3.14. The van der Waals surface area contributed by atoms with E-state index < -0.39 is 5.82 Å². The molecule has 0 bridgehead atoms. The average molecular weight is 324 g/mol. The van der Waals surface area contributed by atoms with Crippen LogP contribution in [0.3, 0.4) is 0 Å². The molecule has 0 amide bonds. The van der Waals surface area contributed by atoms with Crippen molar-refractivity contribution in [3.05, 3.63) is 27.4 Å². The third-order valence-electron chi connectivity index (χ3n) is 2.23. The highest BCUT2D eigenvalue weighted by atomic mass is 79.9. The van der Waals surface area contributed by atoms with E-state index in [1.54, 1.807) is 0 Å². The minimum Gasteiger partial charge on any atom is -0.492 e. The van der Waals surface area contributed by atoms with E-state index in [1.165, 1.54) is 12.1 Å². The van der Waals surface area contributed by atoms with Crippen molar-refractivity contribution in [1.82, 2.24) is 0 Å². The molecular weight excluding hydrogens is 310 g/mol. The molecule has 1 aromatic carbocycles. The summed E-state index contributed by atoms with van der Waals surface area (Å²) in [5, 5.41) is 0.0467. The van der Waals surface area contributed by atoms with Gasteiger partial charge in [0.2, 0.25) is 0 Å². The maximum Gasteiger partial charge on any atom is 0.145 e. The molecule has 0 spiro atoms. The predicted octanol–water partition coefficient (Wildman–Crippen LogP) is 4.38. The molecule has 94 valence electrons. The van der Waals surface area contributed by atoms with Crippen molar-refractivity contribution in [3.8, 4) is 5.75 Å². The van der Waals surface area contributed by atoms with Gasteiger partial charge in [0.25, 0.3) is 0 Å². The van der Waals surface area contributed by atoms with E-state index in [0.29, 0.717) is 36.1 Å². The molecule has 0 saturated carbocycles. The average Bonchev–Trinajstić information content (AvgIpc) is 2.30. The first-order valence-electron chi connectivity index (χ1n) is 5.33. The molecule has 0 fully saturated rings. The van der Waals surface area contributed by atoms with Crippen molar-refractivity contribution >= 4 is 33.3 Å². The number of hydrogen-bond donors (Lipinski definition) is 0. The van der Waals surface area contributed by atoms with Crippen LogP contribution in [0.25, 0.3) is 0 Å². The van der Waals surface area contributed by atoms with Gasteiger partial charge in [-0.25, -0.2) is 4.39 Å². The summed E-state index contributed by atoms with van der Waals surface area (Å²) in [6, 6.07) is 2.68. The molecule has 0 aliphatic heterocycles. The van der Waals surface area contributed by atoms with Crippen LogP contribution in [0.2, 0.25) is 5.02 Å². The van der Waals surface area contributed by atoms with E-state index in [0.717, 1.165) is 0 Å². The zero-order valence-electron chi connectivity index (χ0n) is 9.43. The Morgan fingerprint density at radius 2 is 2.24 bits per heavy atom. The first-order chi connectivity index (χ1) is 8.04. The summed E-state index contributed by atoms with van der Waals surface area (Å²) in [5.41, 5.74) is 0. The molecule has 0 radical (unpaired) electrons. The second-order valence-electron chi connectivity index (χ2n) is 3.54. The lowest BCUT2D eigenvalue weighted by molar-refractivity contribution is -0.118. The van der Waals surface area contributed by atoms with Gasteiger partial charge in [-0.05, 0) is 28.4 Å². The largest absolute Gasteiger partial charge is 0.492 e. The molecule has 0 aromatic heterocycles. The van der Waals surface area contributed by atoms with Gasteiger partial charge in [0.15, 0.2) is 0 Å². The molecule has 17 heavy (non-hydrogen) atoms. The molecule has 1 aromatic rings. The number of halogens is 3. The second-order valence-corrected chi connectivity index (χ2v) is 4.80. The Balaban J connectivity index is 2.47. The second kappa shape index (κ2) is 6.97. The molecule has 0 heterocycles. The minimum atomic E-state index is -0.519. The van der Waals surface area contributed by atoms with Crippen LogP contribution in [0.1, 0.15) is 26.2 Å². The summed E-state index contributed by atoms with van der Waals surface area (Å²) < 4.78 is 19.1. The van der Waals surface area contributed by atoms with Crippen LogP contribution < -0.4 is 4.74 Å². The fraction of sp³-hybridized carbons (Fsp3) is 0.417. The molecule has 0 unspecified atom stereocenters. The van der Waals surface area contributed by atoms with Gasteiger partial charge in [0, 0.05) is 18.9 Å². The Labute approximate surface area is 113 Å². The number of hydrogen-bond acceptors (Lipinski definition) is 2. The minimum absolute atomic E-state index is 0.0467. The van der Waals surface area contributed by atoms with E-state index >= 15 is 0 Å². The summed E-state index contributed by atoms with van der Waals surface area (Å²) in [6.07, 6.45) is 1.66. The predicted molar refractivity (Wildman–Crippen MR) is 69.1 cm³/mol. The maximum absolute atomic E-state index is 13.2. The van der Waals surface area contributed by atoms with Gasteiger partial charge in [-0.15, -0.1) is 0 Å². The molecule has 0 N–H and O–H groups in total. The van der Waals surface area contributed by atoms with Crippen molar-refractivity contribution in [1.29, 1.82) is 0 Å². The molecule has 5 heteroatoms. The van der Waals surface area contributed by atoms with Crippen molar-refractivity contribution in [2.24, 2.45) is 0 Å². The smallest absolute Gasteiger partial charge is 0.145 e. The Bertz CT molecular complexity index is 410. The van der Waals surface area contributed by atoms with Crippen LogP contribution in [-0.2, 0) is 4.79 Å². The number of rotatable bonds is 6. The lowest BCUT2D eigenvalue weighted by atomic mass is 10.2. The van der Waals surface area contributed by atoms with E-state index in [2.05, 4.69) is 15.9 Å². The van der Waals surface area contributed by atoms with Gasteiger partial charge in [-0.3, -0.25) is 4.79 Å². The van der Waals surface area contributed by atoms with Crippen molar-refractivity contribution in [2.45, 2.75) is 26.2 Å². The Hall–Kier alpha value is -0.610. The van der Waals surface area contributed by atoms with Crippen LogP contribution in [0.5, 0.6) is 5.75 Å². The molecule has 0 aliphatic rings. The molecule has 2 nitrogen and oxygen atoms in total. The fourth-order valence-electron chi connectivity index (χ4n) is 1.24. The molecule has 0 saturated heterocycles. The summed E-state index contributed by atoms with van der Waals surface area (Å²) >= 11 is 8.84. The zero-order chi connectivity index (χ0) is 12.8. The number of ketones is 1. The lowest BCUT2D eigenvalue weighted by Gasteiger charge is -2.08. The molecule has 0 atom stereocenters. The maximum atomic E-state index is 13.2. The molecule has 1 rings (SSSR count). The van der Waals surface area contributed by atoms with Crippen LogP contribution in [-0.4, -0.2) is 12.4 Å². The standard InChI is InChI=1S/C12H13BrClFO2/c1-2-8(16)4-3-5-17-12-7-11(15)10(14)6-9(12)13/h6-7H,2-5H2,1H3. The van der Waals surface area contributed by atoms with Crippen molar-refractivity contribution in [3.63, 3.8) is 0 Å². The van der Waals surface area contributed by atoms with E-state index in [9.17, 15) is 9.18 Å². The zero-order valence-corrected chi connectivity index (χ0v) is 11.8. The lowest BCUT2D eigenvalue weighted by Crippen LogP contribution is -2.02. The van der Waals surface area contributed by atoms with Crippen LogP contribution in [0.15, 0.2) is 16.6 Å². The van der Waals surface area contributed by atoms with Crippen LogP contribution >= 0.6 is 27.5 Å². The number of carbonyl (C=O) groups excluding carboxylic acids is 1. The van der Waals surface area contributed by atoms with Gasteiger partial charge >= 0.3 is 0 Å². The van der Waals surface area contributed by atoms with Gasteiger partial charge in [0.05, 0.1) is 16.1 Å². The van der Waals surface area contributed by atoms with Gasteiger partial charge < -0.3 is 4.74 Å². The van der Waals surface area contributed by atoms with E-state index in [1.807, 2.05) is 6.92 Å². The first-order valence-corrected chi connectivity index (χ1v) is 6.50. The highest BCUT2D eigenvalue weighted by Crippen LogP contribution is 2.30. The number of ether oxygens (including phenoxy) is 1. The van der Waals surface area contributed by atoms with E-state index in [-0.39, 0.29) is 10.8 Å². The number of carbonyl (C=O) groups is 1. The molecular formula is C12H13BrClFO2. The topological polar surface area (TPSA) is 26.3 Å². The number of Topliss-reactive ketones (excluding diaryl/α,β-unsaturated/α-hetero) is 1. The van der Waals surface area contributed by atoms with Crippen LogP contribution in [0, 0.1) is 5.82 Å². The Kier molecular flexibility index (Phi) is 5.92. The summed E-state index contributed by atoms with van der Waals surface area (Å²) in [6.45, 7) is 2.21. The van der Waals surface area contributed by atoms with Gasteiger partial charge in [-0.1, -0.05) is 18.5 Å².